The number of imide groups is 2. The second-order valence-electron chi connectivity index (χ2n) is 12.3. The van der Waals surface area contributed by atoms with E-state index in [1.807, 2.05) is 47.2 Å². The lowest BCUT2D eigenvalue weighted by Crippen LogP contribution is -2.54. The number of ether oxygens (including phenoxy) is 2. The van der Waals surface area contributed by atoms with Crippen LogP contribution in [0.4, 0.5) is 5.69 Å². The fourth-order valence-electron chi connectivity index (χ4n) is 6.31. The molecule has 1 unspecified atom stereocenters. The lowest BCUT2D eigenvalue weighted by Gasteiger charge is -2.27. The van der Waals surface area contributed by atoms with Crippen LogP contribution in [0.1, 0.15) is 55.2 Å². The van der Waals surface area contributed by atoms with Gasteiger partial charge in [0.1, 0.15) is 24.1 Å². The summed E-state index contributed by atoms with van der Waals surface area (Å²) in [7, 11) is 0. The maximum Gasteiger partial charge on any atom is 0.274 e. The van der Waals surface area contributed by atoms with Crippen molar-refractivity contribution >= 4 is 46.1 Å². The fraction of sp³-hybridized carbons (Fsp3) is 0.250. The van der Waals surface area contributed by atoms with Crippen molar-refractivity contribution in [1.82, 2.24) is 35.3 Å². The Labute approximate surface area is 296 Å². The summed E-state index contributed by atoms with van der Waals surface area (Å²) in [6.45, 7) is 2.30. The number of piperidine rings is 1. The number of anilines is 1. The molecule has 1 fully saturated rings. The second-order valence-corrected chi connectivity index (χ2v) is 12.3. The summed E-state index contributed by atoms with van der Waals surface area (Å²) in [4.78, 5) is 63.2. The first-order chi connectivity index (χ1) is 25.3. The van der Waals surface area contributed by atoms with Crippen molar-refractivity contribution < 1.29 is 38.7 Å². The lowest BCUT2D eigenvalue weighted by atomic mass is 10.0. The van der Waals surface area contributed by atoms with E-state index in [0.717, 1.165) is 21.4 Å². The molecule has 0 radical (unpaired) electrons. The van der Waals surface area contributed by atoms with Gasteiger partial charge < -0.3 is 19.4 Å². The Morgan fingerprint density at radius 3 is 2.69 bits per heavy atom. The number of hydrogen-bond acceptors (Lipinski definition) is 11. The summed E-state index contributed by atoms with van der Waals surface area (Å²) in [5.41, 5.74) is 5.29. The summed E-state index contributed by atoms with van der Waals surface area (Å²) < 4.78 is 15.3. The fourth-order valence-corrected chi connectivity index (χ4v) is 6.31. The number of fused-ring (bicyclic) bond motifs is 2. The topological polar surface area (TPSA) is 199 Å². The van der Waals surface area contributed by atoms with Gasteiger partial charge in [-0.25, -0.2) is 10.2 Å². The highest BCUT2D eigenvalue weighted by Crippen LogP contribution is 2.32. The van der Waals surface area contributed by atoms with Crippen LogP contribution in [0.2, 0.25) is 0 Å². The summed E-state index contributed by atoms with van der Waals surface area (Å²) in [5, 5.41) is 23.6. The Morgan fingerprint density at radius 2 is 1.85 bits per heavy atom. The van der Waals surface area contributed by atoms with E-state index in [1.165, 1.54) is 6.07 Å². The Balaban J connectivity index is 0.857. The smallest absolute Gasteiger partial charge is 0.274 e. The van der Waals surface area contributed by atoms with Crippen molar-refractivity contribution in [2.24, 2.45) is 0 Å². The zero-order valence-corrected chi connectivity index (χ0v) is 27.8. The normalized spacial score (nSPS) is 15.6. The number of carbonyl (C=O) groups is 5. The van der Waals surface area contributed by atoms with E-state index in [4.69, 9.17) is 14.7 Å². The minimum Gasteiger partial charge on any atom is -0.491 e. The van der Waals surface area contributed by atoms with E-state index in [0.29, 0.717) is 55.6 Å². The van der Waals surface area contributed by atoms with Crippen LogP contribution < -0.4 is 20.9 Å². The number of nitrogens with one attached hydrogen (secondary N) is 3. The third-order valence-electron chi connectivity index (χ3n) is 8.86. The van der Waals surface area contributed by atoms with Crippen molar-refractivity contribution in [3.8, 4) is 5.75 Å². The van der Waals surface area contributed by atoms with Crippen molar-refractivity contribution in [1.29, 1.82) is 0 Å². The minimum absolute atomic E-state index is 0.0478. The molecule has 16 heteroatoms. The van der Waals surface area contributed by atoms with Crippen LogP contribution in [-0.4, -0.2) is 85.1 Å². The van der Waals surface area contributed by atoms with Crippen LogP contribution in [0.15, 0.2) is 79.1 Å². The first-order valence-corrected chi connectivity index (χ1v) is 16.6. The van der Waals surface area contributed by atoms with Crippen molar-refractivity contribution in [3.05, 3.63) is 107 Å². The average molecular weight is 707 g/mol. The van der Waals surface area contributed by atoms with Gasteiger partial charge in [-0.2, -0.15) is 0 Å². The third kappa shape index (κ3) is 7.10. The van der Waals surface area contributed by atoms with E-state index in [2.05, 4.69) is 20.9 Å². The quantitative estimate of drug-likeness (QED) is 0.0573. The summed E-state index contributed by atoms with van der Waals surface area (Å²) in [6, 6.07) is 18.8. The molecule has 4 heterocycles. The number of nitrogens with zero attached hydrogens (tertiary/aromatic N) is 5. The van der Waals surface area contributed by atoms with Crippen molar-refractivity contribution in [2.45, 2.75) is 38.5 Å². The molecule has 1 saturated heterocycles. The summed E-state index contributed by atoms with van der Waals surface area (Å²) >= 11 is 0. The SMILES string of the molecule is O=C1CCC(N2C(=O)c3cccc(NCc4cn(CCOCCOc5cccc(Cn6ccc7ccc(C(=O)NO)cc76)c5)nn4)c3C2=O)C(=O)N1. The molecule has 266 valence electrons. The summed E-state index contributed by atoms with van der Waals surface area (Å²) in [6.07, 6.45) is 3.83. The number of benzene rings is 3. The minimum atomic E-state index is -1.04. The largest absolute Gasteiger partial charge is 0.491 e. The number of hydrogen-bond donors (Lipinski definition) is 4. The summed E-state index contributed by atoms with van der Waals surface area (Å²) in [5.74, 6) is -2.12. The number of amides is 5. The van der Waals surface area contributed by atoms with Gasteiger partial charge in [0.25, 0.3) is 17.7 Å². The van der Waals surface area contributed by atoms with Crippen LogP contribution in [0.3, 0.4) is 0 Å². The van der Waals surface area contributed by atoms with Crippen LogP contribution in [0, 0.1) is 0 Å². The standard InChI is InChI=1S/C36H34N8O8/c45-31-10-9-29(34(47)38-31)44-35(48)27-5-2-6-28(32(27)36(44)49)37-19-25-21-43(41-39-25)13-14-51-15-16-52-26-4-1-3-22(17-26)20-42-12-11-23-7-8-24(18-30(23)42)33(46)40-50/h1-8,11-12,17-18,21,29,37,50H,9-10,13-16,19-20H2,(H,40,46)(H,38,45,47). The average Bonchev–Trinajstić information content (AvgIpc) is 3.85. The van der Waals surface area contributed by atoms with Crippen LogP contribution in [-0.2, 0) is 34.0 Å². The molecule has 5 amide bonds. The van der Waals surface area contributed by atoms with Gasteiger partial charge in [-0.1, -0.05) is 29.5 Å². The van der Waals surface area contributed by atoms with Crippen LogP contribution in [0.25, 0.3) is 10.9 Å². The van der Waals surface area contributed by atoms with E-state index in [-0.39, 0.29) is 30.5 Å². The van der Waals surface area contributed by atoms with E-state index < -0.39 is 35.6 Å². The molecule has 1 atom stereocenters. The Bertz CT molecular complexity index is 2190. The maximum absolute atomic E-state index is 13.3. The van der Waals surface area contributed by atoms with Gasteiger partial charge in [0, 0.05) is 35.9 Å². The molecule has 7 rings (SSSR count). The molecule has 4 N–H and O–H groups in total. The molecular formula is C36H34N8O8. The van der Waals surface area contributed by atoms with Gasteiger partial charge in [0.15, 0.2) is 0 Å². The highest BCUT2D eigenvalue weighted by Gasteiger charge is 2.45. The number of rotatable bonds is 14. The predicted octanol–water partition coefficient (Wildman–Crippen LogP) is 2.51. The molecule has 0 saturated carbocycles. The molecule has 16 nitrogen and oxygen atoms in total. The molecule has 3 aromatic carbocycles. The predicted molar refractivity (Wildman–Crippen MR) is 184 cm³/mol. The molecular weight excluding hydrogens is 672 g/mol. The number of carbonyl (C=O) groups excluding carboxylic acids is 5. The van der Waals surface area contributed by atoms with E-state index in [1.54, 1.807) is 40.6 Å². The van der Waals surface area contributed by atoms with Crippen molar-refractivity contribution in [2.75, 3.05) is 25.1 Å². The second kappa shape index (κ2) is 14.8. The molecule has 5 aromatic rings. The highest BCUT2D eigenvalue weighted by atomic mass is 16.5. The zero-order chi connectivity index (χ0) is 36.2. The first kappa shape index (κ1) is 34.1. The molecule has 2 aliphatic rings. The lowest BCUT2D eigenvalue weighted by molar-refractivity contribution is -0.136. The number of aromatic nitrogens is 4. The zero-order valence-electron chi connectivity index (χ0n) is 27.8. The Kier molecular flexibility index (Phi) is 9.73. The van der Waals surface area contributed by atoms with Gasteiger partial charge in [-0.05, 0) is 59.8 Å². The first-order valence-electron chi connectivity index (χ1n) is 16.6. The Hall–Kier alpha value is -6.39. The van der Waals surface area contributed by atoms with E-state index >= 15 is 0 Å². The molecule has 0 spiro atoms. The molecule has 2 aliphatic heterocycles. The van der Waals surface area contributed by atoms with Gasteiger partial charge in [-0.3, -0.25) is 39.4 Å². The molecule has 52 heavy (non-hydrogen) atoms. The van der Waals surface area contributed by atoms with Crippen LogP contribution in [0.5, 0.6) is 5.75 Å². The van der Waals surface area contributed by atoms with Gasteiger partial charge in [0.2, 0.25) is 11.8 Å². The Morgan fingerprint density at radius 1 is 0.981 bits per heavy atom. The molecule has 2 aromatic heterocycles. The monoisotopic (exact) mass is 706 g/mol. The third-order valence-corrected chi connectivity index (χ3v) is 8.86. The van der Waals surface area contributed by atoms with Gasteiger partial charge in [-0.15, -0.1) is 5.10 Å². The molecule has 0 aliphatic carbocycles. The number of hydroxylamine groups is 1. The van der Waals surface area contributed by atoms with E-state index in [9.17, 15) is 24.0 Å². The molecule has 0 bridgehead atoms. The van der Waals surface area contributed by atoms with Crippen molar-refractivity contribution in [3.63, 3.8) is 0 Å². The maximum atomic E-state index is 13.3. The highest BCUT2D eigenvalue weighted by molar-refractivity contribution is 6.25. The van der Waals surface area contributed by atoms with Gasteiger partial charge >= 0.3 is 0 Å². The van der Waals surface area contributed by atoms with Crippen LogP contribution >= 0.6 is 0 Å². The van der Waals surface area contributed by atoms with Gasteiger partial charge in [0.05, 0.1) is 43.6 Å².